The number of methoxy groups -OCH3 is 1. The van der Waals surface area contributed by atoms with E-state index in [9.17, 15) is 9.90 Å². The van der Waals surface area contributed by atoms with Gasteiger partial charge in [0.15, 0.2) is 0 Å². The van der Waals surface area contributed by atoms with Gasteiger partial charge >= 0.3 is 0 Å². The van der Waals surface area contributed by atoms with E-state index in [1.807, 2.05) is 54.6 Å². The van der Waals surface area contributed by atoms with Gasteiger partial charge < -0.3 is 15.2 Å². The molecular weight excluding hydrogens is 424 g/mol. The summed E-state index contributed by atoms with van der Waals surface area (Å²) in [6.45, 7) is 0.289. The lowest BCUT2D eigenvalue weighted by Crippen LogP contribution is -2.23. The Morgan fingerprint density at radius 3 is 2.69 bits per heavy atom. The average Bonchev–Trinajstić information content (AvgIpc) is 2.84. The molecule has 3 aromatic carbocycles. The number of phenolic OH excluding ortho intramolecular Hbond substituents is 1. The number of hydrogen-bond donors (Lipinski definition) is 2. The molecule has 0 aliphatic heterocycles. The number of fused-ring (bicyclic) bond motifs is 1. The van der Waals surface area contributed by atoms with E-state index < -0.39 is 0 Å². The fourth-order valence-corrected chi connectivity index (χ4v) is 4.02. The molecule has 0 aliphatic rings. The lowest BCUT2D eigenvalue weighted by atomic mass is 9.96. The lowest BCUT2D eigenvalue weighted by molar-refractivity contribution is -0.121. The molecule has 4 rings (SSSR count). The molecule has 0 spiro atoms. The van der Waals surface area contributed by atoms with Gasteiger partial charge in [0.25, 0.3) is 0 Å². The van der Waals surface area contributed by atoms with E-state index in [1.165, 1.54) is 0 Å². The second-order valence-corrected chi connectivity index (χ2v) is 7.82. The number of carbonyl (C=O) groups is 1. The molecule has 0 saturated carbocycles. The van der Waals surface area contributed by atoms with Crippen LogP contribution in [0, 0.1) is 0 Å². The van der Waals surface area contributed by atoms with Crippen LogP contribution in [-0.2, 0) is 17.8 Å². The van der Waals surface area contributed by atoms with Crippen molar-refractivity contribution in [2.75, 3.05) is 7.11 Å². The molecule has 32 heavy (non-hydrogen) atoms. The Balaban J connectivity index is 1.62. The van der Waals surface area contributed by atoms with E-state index in [2.05, 4.69) is 10.3 Å². The van der Waals surface area contributed by atoms with Crippen LogP contribution < -0.4 is 10.1 Å². The molecule has 0 unspecified atom stereocenters. The zero-order valence-corrected chi connectivity index (χ0v) is 18.4. The quantitative estimate of drug-likeness (QED) is 0.392. The van der Waals surface area contributed by atoms with Crippen molar-refractivity contribution in [1.82, 2.24) is 10.3 Å². The Labute approximate surface area is 191 Å². The van der Waals surface area contributed by atoms with Crippen LogP contribution in [0.1, 0.15) is 17.5 Å². The first-order valence-corrected chi connectivity index (χ1v) is 10.7. The number of aromatic hydroxyl groups is 1. The standard InChI is InChI=1S/C26H23ClN2O3/c1-32-22-11-5-9-18(16-29-23(30)13-12-17-7-3-2-4-8-17)24(22)20-15-21(27)19-10-6-14-28-25(19)26(20)31/h2-11,14-15,31H,12-13,16H2,1H3,(H,29,30). The highest BCUT2D eigenvalue weighted by molar-refractivity contribution is 6.36. The first-order valence-electron chi connectivity index (χ1n) is 10.3. The third-order valence-corrected chi connectivity index (χ3v) is 5.69. The molecule has 2 N–H and O–H groups in total. The molecule has 6 heteroatoms. The number of hydrogen-bond acceptors (Lipinski definition) is 4. The zero-order chi connectivity index (χ0) is 22.5. The fraction of sp³-hybridized carbons (Fsp3) is 0.154. The number of benzene rings is 3. The Bertz CT molecular complexity index is 1260. The first kappa shape index (κ1) is 21.7. The largest absolute Gasteiger partial charge is 0.505 e. The van der Waals surface area contributed by atoms with Crippen molar-refractivity contribution in [3.63, 3.8) is 0 Å². The Hall–Kier alpha value is -3.57. The highest BCUT2D eigenvalue weighted by atomic mass is 35.5. The normalized spacial score (nSPS) is 10.8. The summed E-state index contributed by atoms with van der Waals surface area (Å²) >= 11 is 6.50. The number of phenols is 1. The van der Waals surface area contributed by atoms with Gasteiger partial charge in [-0.1, -0.05) is 54.1 Å². The van der Waals surface area contributed by atoms with Crippen LogP contribution in [-0.4, -0.2) is 23.1 Å². The number of ether oxygens (including phenoxy) is 1. The van der Waals surface area contributed by atoms with Crippen LogP contribution in [0.4, 0.5) is 0 Å². The minimum Gasteiger partial charge on any atom is -0.505 e. The monoisotopic (exact) mass is 446 g/mol. The minimum atomic E-state index is -0.0509. The highest BCUT2D eigenvalue weighted by Crippen LogP contribution is 2.43. The maximum atomic E-state index is 12.5. The van der Waals surface area contributed by atoms with Crippen molar-refractivity contribution < 1.29 is 14.6 Å². The summed E-state index contributed by atoms with van der Waals surface area (Å²) in [6, 6.07) is 20.7. The molecule has 5 nitrogen and oxygen atoms in total. The van der Waals surface area contributed by atoms with E-state index in [0.29, 0.717) is 45.6 Å². The second-order valence-electron chi connectivity index (χ2n) is 7.41. The van der Waals surface area contributed by atoms with Gasteiger partial charge in [-0.05, 0) is 41.8 Å². The zero-order valence-electron chi connectivity index (χ0n) is 17.6. The van der Waals surface area contributed by atoms with Crippen molar-refractivity contribution >= 4 is 28.4 Å². The van der Waals surface area contributed by atoms with E-state index in [4.69, 9.17) is 16.3 Å². The van der Waals surface area contributed by atoms with E-state index in [-0.39, 0.29) is 18.2 Å². The minimum absolute atomic E-state index is 0.0196. The summed E-state index contributed by atoms with van der Waals surface area (Å²) < 4.78 is 5.57. The van der Waals surface area contributed by atoms with Crippen LogP contribution in [0.3, 0.4) is 0 Å². The number of amides is 1. The van der Waals surface area contributed by atoms with Gasteiger partial charge in [0.1, 0.15) is 17.0 Å². The summed E-state index contributed by atoms with van der Waals surface area (Å²) in [5, 5.41) is 15.1. The van der Waals surface area contributed by atoms with Crippen molar-refractivity contribution in [3.05, 3.63) is 89.1 Å². The topological polar surface area (TPSA) is 71.5 Å². The smallest absolute Gasteiger partial charge is 0.220 e. The SMILES string of the molecule is COc1cccc(CNC(=O)CCc2ccccc2)c1-c1cc(Cl)c2cccnc2c1O. The van der Waals surface area contributed by atoms with Gasteiger partial charge in [-0.2, -0.15) is 0 Å². The molecule has 0 bridgehead atoms. The molecule has 0 aliphatic carbocycles. The molecule has 4 aromatic rings. The molecule has 0 atom stereocenters. The van der Waals surface area contributed by atoms with Gasteiger partial charge in [-0.15, -0.1) is 0 Å². The molecular formula is C26H23ClN2O3. The maximum absolute atomic E-state index is 12.5. The molecule has 1 amide bonds. The summed E-state index contributed by atoms with van der Waals surface area (Å²) in [7, 11) is 1.57. The van der Waals surface area contributed by atoms with Gasteiger partial charge in [0, 0.05) is 35.7 Å². The Kier molecular flexibility index (Phi) is 6.57. The van der Waals surface area contributed by atoms with Crippen LogP contribution in [0.2, 0.25) is 5.02 Å². The van der Waals surface area contributed by atoms with Gasteiger partial charge in [-0.3, -0.25) is 9.78 Å². The fourth-order valence-electron chi connectivity index (χ4n) is 3.76. The van der Waals surface area contributed by atoms with E-state index >= 15 is 0 Å². The van der Waals surface area contributed by atoms with Crippen molar-refractivity contribution in [2.24, 2.45) is 0 Å². The molecule has 162 valence electrons. The van der Waals surface area contributed by atoms with Gasteiger partial charge in [0.2, 0.25) is 5.91 Å². The lowest BCUT2D eigenvalue weighted by Gasteiger charge is -2.17. The number of pyridine rings is 1. The average molecular weight is 447 g/mol. The number of nitrogens with one attached hydrogen (secondary N) is 1. The number of aryl methyl sites for hydroxylation is 1. The molecule has 0 saturated heterocycles. The highest BCUT2D eigenvalue weighted by Gasteiger charge is 2.19. The van der Waals surface area contributed by atoms with Crippen LogP contribution in [0.25, 0.3) is 22.0 Å². The molecule has 1 heterocycles. The maximum Gasteiger partial charge on any atom is 0.220 e. The van der Waals surface area contributed by atoms with E-state index in [0.717, 1.165) is 11.1 Å². The van der Waals surface area contributed by atoms with Crippen LogP contribution in [0.5, 0.6) is 11.5 Å². The predicted molar refractivity (Wildman–Crippen MR) is 127 cm³/mol. The molecule has 1 aromatic heterocycles. The van der Waals surface area contributed by atoms with Crippen molar-refractivity contribution in [2.45, 2.75) is 19.4 Å². The Morgan fingerprint density at radius 1 is 1.09 bits per heavy atom. The number of halogens is 1. The summed E-state index contributed by atoms with van der Waals surface area (Å²) in [6.07, 6.45) is 2.67. The summed E-state index contributed by atoms with van der Waals surface area (Å²) in [5.41, 5.74) is 3.52. The predicted octanol–water partition coefficient (Wildman–Crippen LogP) is 5.52. The number of nitrogens with zero attached hydrogens (tertiary/aromatic N) is 1. The van der Waals surface area contributed by atoms with Crippen molar-refractivity contribution in [3.8, 4) is 22.6 Å². The third-order valence-electron chi connectivity index (χ3n) is 5.38. The van der Waals surface area contributed by atoms with Crippen molar-refractivity contribution in [1.29, 1.82) is 0 Å². The second kappa shape index (κ2) is 9.71. The molecule has 0 radical (unpaired) electrons. The Morgan fingerprint density at radius 2 is 1.91 bits per heavy atom. The first-order chi connectivity index (χ1) is 15.6. The molecule has 0 fully saturated rings. The summed E-state index contributed by atoms with van der Waals surface area (Å²) in [5.74, 6) is 0.541. The van der Waals surface area contributed by atoms with E-state index in [1.54, 1.807) is 25.4 Å². The van der Waals surface area contributed by atoms with Crippen LogP contribution >= 0.6 is 11.6 Å². The third kappa shape index (κ3) is 4.53. The number of carbonyl (C=O) groups excluding carboxylic acids is 1. The summed E-state index contributed by atoms with van der Waals surface area (Å²) in [4.78, 5) is 16.8. The number of aromatic nitrogens is 1. The van der Waals surface area contributed by atoms with Crippen LogP contribution in [0.15, 0.2) is 72.9 Å². The van der Waals surface area contributed by atoms with Gasteiger partial charge in [0.05, 0.1) is 12.1 Å². The van der Waals surface area contributed by atoms with Gasteiger partial charge in [-0.25, -0.2) is 0 Å². The number of rotatable bonds is 7.